The molecule has 0 aliphatic rings. The summed E-state index contributed by atoms with van der Waals surface area (Å²) in [7, 11) is 0. The predicted octanol–water partition coefficient (Wildman–Crippen LogP) is 5.21. The number of amides is 2. The number of rotatable bonds is 12. The van der Waals surface area contributed by atoms with E-state index in [4.69, 9.17) is 14.9 Å². The number of carbonyl (C=O) groups is 2. The van der Waals surface area contributed by atoms with E-state index in [1.54, 1.807) is 60.9 Å². The molecule has 3 aromatic carbocycles. The Kier molecular flexibility index (Phi) is 11.3. The van der Waals surface area contributed by atoms with Crippen molar-refractivity contribution >= 4 is 11.8 Å². The molecule has 0 aliphatic carbocycles. The molecule has 1 atom stereocenters. The fraction of sp³-hybridized carbons (Fsp3) is 0.314. The molecule has 0 spiro atoms. The van der Waals surface area contributed by atoms with Crippen LogP contribution in [-0.4, -0.2) is 63.7 Å². The summed E-state index contributed by atoms with van der Waals surface area (Å²) in [5.41, 5.74) is 4.22. The second-order valence-electron chi connectivity index (χ2n) is 12.0. The standard InChI is InChI=1S/C35H37F3N4O5/c1-34(2,3)27-12-8-25(9-13-27)32(45)42-29(33(46)39-17-16-30(43)44)18-22-4-6-24(7-5-22)31-40-19-26(20-41-31)23-10-14-28(15-11-23)47-21-35(36,37)38/h4-15,19-20,29-30,43-44H,16-18,21H2,1-3H3,(H,39,46)(H,42,45)/t29-/m0/s1. The number of aliphatic hydroxyl groups excluding tert-OH is 1. The third kappa shape index (κ3) is 10.6. The van der Waals surface area contributed by atoms with Gasteiger partial charge in [0.15, 0.2) is 18.7 Å². The minimum Gasteiger partial charge on any atom is -0.484 e. The molecule has 0 saturated heterocycles. The zero-order chi connectivity index (χ0) is 34.2. The van der Waals surface area contributed by atoms with E-state index in [0.29, 0.717) is 28.1 Å². The average molecular weight is 651 g/mol. The highest BCUT2D eigenvalue weighted by atomic mass is 19.4. The van der Waals surface area contributed by atoms with E-state index in [1.807, 2.05) is 12.1 Å². The minimum absolute atomic E-state index is 0.0192. The van der Waals surface area contributed by atoms with Crippen molar-refractivity contribution in [2.75, 3.05) is 13.2 Å². The second kappa shape index (κ2) is 15.2. The van der Waals surface area contributed by atoms with Gasteiger partial charge in [-0.25, -0.2) is 9.97 Å². The third-order valence-electron chi connectivity index (χ3n) is 7.23. The molecule has 2 amide bonds. The number of hydrogen-bond acceptors (Lipinski definition) is 7. The quantitative estimate of drug-likeness (QED) is 0.155. The summed E-state index contributed by atoms with van der Waals surface area (Å²) in [6.45, 7) is 4.87. The van der Waals surface area contributed by atoms with Gasteiger partial charge in [-0.3, -0.25) is 9.59 Å². The van der Waals surface area contributed by atoms with Gasteiger partial charge < -0.3 is 25.6 Å². The Balaban J connectivity index is 1.43. The lowest BCUT2D eigenvalue weighted by atomic mass is 9.86. The summed E-state index contributed by atoms with van der Waals surface area (Å²) >= 11 is 0. The highest BCUT2D eigenvalue weighted by Crippen LogP contribution is 2.25. The maximum atomic E-state index is 13.1. The summed E-state index contributed by atoms with van der Waals surface area (Å²) in [6.07, 6.45) is -2.67. The molecule has 12 heteroatoms. The summed E-state index contributed by atoms with van der Waals surface area (Å²) in [6, 6.07) is 19.6. The molecule has 1 heterocycles. The van der Waals surface area contributed by atoms with Gasteiger partial charge in [-0.05, 0) is 46.4 Å². The van der Waals surface area contributed by atoms with Crippen LogP contribution in [0.2, 0.25) is 0 Å². The maximum Gasteiger partial charge on any atom is 0.422 e. The maximum absolute atomic E-state index is 13.1. The number of ether oxygens (including phenoxy) is 1. The highest BCUT2D eigenvalue weighted by molar-refractivity contribution is 5.97. The molecule has 47 heavy (non-hydrogen) atoms. The molecule has 4 rings (SSSR count). The number of carbonyl (C=O) groups excluding carboxylic acids is 2. The van der Waals surface area contributed by atoms with Crippen molar-refractivity contribution in [2.45, 2.75) is 57.5 Å². The molecule has 4 aromatic rings. The van der Waals surface area contributed by atoms with Gasteiger partial charge in [0.05, 0.1) is 0 Å². The molecule has 0 fully saturated rings. The lowest BCUT2D eigenvalue weighted by Crippen LogP contribution is -2.48. The SMILES string of the molecule is CC(C)(C)c1ccc(C(=O)N[C@@H](Cc2ccc(-c3ncc(-c4ccc(OCC(F)(F)F)cc4)cn3)cc2)C(=O)NCCC(O)O)cc1. The first kappa shape index (κ1) is 35.1. The van der Waals surface area contributed by atoms with Gasteiger partial charge in [0.2, 0.25) is 5.91 Å². The van der Waals surface area contributed by atoms with Gasteiger partial charge in [0.1, 0.15) is 11.8 Å². The normalized spacial score (nSPS) is 12.4. The Morgan fingerprint density at radius 3 is 1.98 bits per heavy atom. The summed E-state index contributed by atoms with van der Waals surface area (Å²) in [5.74, 6) is -0.342. The Bertz CT molecular complexity index is 1620. The molecular formula is C35H37F3N4O5. The number of aromatic nitrogens is 2. The van der Waals surface area contributed by atoms with Crippen LogP contribution in [0, 0.1) is 0 Å². The molecule has 0 radical (unpaired) electrons. The lowest BCUT2D eigenvalue weighted by Gasteiger charge is -2.21. The van der Waals surface area contributed by atoms with E-state index < -0.39 is 36.9 Å². The summed E-state index contributed by atoms with van der Waals surface area (Å²) < 4.78 is 41.9. The van der Waals surface area contributed by atoms with Crippen molar-refractivity contribution in [1.29, 1.82) is 0 Å². The molecule has 248 valence electrons. The largest absolute Gasteiger partial charge is 0.484 e. The monoisotopic (exact) mass is 650 g/mol. The topological polar surface area (TPSA) is 134 Å². The first-order chi connectivity index (χ1) is 22.2. The van der Waals surface area contributed by atoms with Crippen LogP contribution in [0.15, 0.2) is 85.2 Å². The minimum atomic E-state index is -4.42. The molecular weight excluding hydrogens is 613 g/mol. The van der Waals surface area contributed by atoms with Crippen molar-refractivity contribution in [2.24, 2.45) is 0 Å². The van der Waals surface area contributed by atoms with E-state index in [1.165, 1.54) is 12.1 Å². The van der Waals surface area contributed by atoms with Gasteiger partial charge in [-0.15, -0.1) is 0 Å². The number of hydrogen-bond donors (Lipinski definition) is 4. The van der Waals surface area contributed by atoms with Crippen LogP contribution in [0.4, 0.5) is 13.2 Å². The van der Waals surface area contributed by atoms with E-state index in [-0.39, 0.29) is 30.6 Å². The van der Waals surface area contributed by atoms with Crippen LogP contribution in [0.3, 0.4) is 0 Å². The van der Waals surface area contributed by atoms with Crippen LogP contribution in [0.25, 0.3) is 22.5 Å². The Hall–Kier alpha value is -4.81. The summed E-state index contributed by atoms with van der Waals surface area (Å²) in [4.78, 5) is 35.0. The van der Waals surface area contributed by atoms with E-state index in [9.17, 15) is 22.8 Å². The lowest BCUT2D eigenvalue weighted by molar-refractivity contribution is -0.153. The number of halogens is 3. The number of nitrogens with one attached hydrogen (secondary N) is 2. The molecule has 0 saturated carbocycles. The van der Waals surface area contributed by atoms with Crippen molar-refractivity contribution in [3.05, 3.63) is 102 Å². The van der Waals surface area contributed by atoms with Gasteiger partial charge in [-0.2, -0.15) is 13.2 Å². The van der Waals surface area contributed by atoms with Gasteiger partial charge >= 0.3 is 6.18 Å². The van der Waals surface area contributed by atoms with E-state index in [0.717, 1.165) is 11.1 Å². The van der Waals surface area contributed by atoms with Crippen LogP contribution in [0.1, 0.15) is 48.7 Å². The Labute approximate surface area is 270 Å². The third-order valence-corrected chi connectivity index (χ3v) is 7.23. The van der Waals surface area contributed by atoms with Gasteiger partial charge in [0, 0.05) is 48.5 Å². The molecule has 4 N–H and O–H groups in total. The van der Waals surface area contributed by atoms with Crippen molar-refractivity contribution in [3.8, 4) is 28.3 Å². The zero-order valence-electron chi connectivity index (χ0n) is 26.2. The van der Waals surface area contributed by atoms with Crippen molar-refractivity contribution < 1.29 is 37.7 Å². The van der Waals surface area contributed by atoms with Crippen molar-refractivity contribution in [1.82, 2.24) is 20.6 Å². The average Bonchev–Trinajstić information content (AvgIpc) is 3.03. The highest BCUT2D eigenvalue weighted by Gasteiger charge is 2.28. The van der Waals surface area contributed by atoms with E-state index in [2.05, 4.69) is 41.4 Å². The fourth-order valence-corrected chi connectivity index (χ4v) is 4.58. The molecule has 0 aliphatic heterocycles. The van der Waals surface area contributed by atoms with Crippen LogP contribution in [-0.2, 0) is 16.6 Å². The van der Waals surface area contributed by atoms with Crippen LogP contribution < -0.4 is 15.4 Å². The summed E-state index contributed by atoms with van der Waals surface area (Å²) in [5, 5.41) is 23.7. The van der Waals surface area contributed by atoms with Crippen molar-refractivity contribution in [3.63, 3.8) is 0 Å². The van der Waals surface area contributed by atoms with Gasteiger partial charge in [-0.1, -0.05) is 69.3 Å². The van der Waals surface area contributed by atoms with Crippen LogP contribution in [0.5, 0.6) is 5.75 Å². The number of aliphatic hydroxyl groups is 2. The predicted molar refractivity (Wildman–Crippen MR) is 170 cm³/mol. The second-order valence-corrected chi connectivity index (χ2v) is 12.0. The Morgan fingerprint density at radius 2 is 1.43 bits per heavy atom. The first-order valence-corrected chi connectivity index (χ1v) is 14.9. The number of benzene rings is 3. The van der Waals surface area contributed by atoms with Gasteiger partial charge in [0.25, 0.3) is 5.91 Å². The zero-order valence-corrected chi connectivity index (χ0v) is 26.2. The molecule has 9 nitrogen and oxygen atoms in total. The smallest absolute Gasteiger partial charge is 0.422 e. The molecule has 0 bridgehead atoms. The molecule has 0 unspecified atom stereocenters. The first-order valence-electron chi connectivity index (χ1n) is 14.9. The molecule has 1 aromatic heterocycles. The van der Waals surface area contributed by atoms with Crippen LogP contribution >= 0.6 is 0 Å². The number of nitrogens with zero attached hydrogens (tertiary/aromatic N) is 2. The Morgan fingerprint density at radius 1 is 0.830 bits per heavy atom. The van der Waals surface area contributed by atoms with E-state index >= 15 is 0 Å². The fourth-order valence-electron chi connectivity index (χ4n) is 4.58. The number of alkyl halides is 3.